The highest BCUT2D eigenvalue weighted by Crippen LogP contribution is 2.29. The van der Waals surface area contributed by atoms with E-state index in [1.54, 1.807) is 19.1 Å². The topological polar surface area (TPSA) is 48.3 Å². The van der Waals surface area contributed by atoms with Gasteiger partial charge in [-0.05, 0) is 26.0 Å². The van der Waals surface area contributed by atoms with Crippen LogP contribution in [-0.4, -0.2) is 22.9 Å². The van der Waals surface area contributed by atoms with E-state index in [4.69, 9.17) is 4.74 Å². The van der Waals surface area contributed by atoms with Crippen LogP contribution in [0.2, 0.25) is 0 Å². The number of para-hydroxylation sites is 1. The summed E-state index contributed by atoms with van der Waals surface area (Å²) >= 11 is 0. The van der Waals surface area contributed by atoms with Gasteiger partial charge >= 0.3 is 5.97 Å². The largest absolute Gasteiger partial charge is 0.460 e. The zero-order chi connectivity index (χ0) is 15.7. The van der Waals surface area contributed by atoms with Gasteiger partial charge in [-0.15, -0.1) is 0 Å². The molecule has 0 saturated heterocycles. The normalized spacial score (nSPS) is 11.0. The molecule has 0 amide bonds. The quantitative estimate of drug-likeness (QED) is 0.420. The van der Waals surface area contributed by atoms with Crippen molar-refractivity contribution in [3.63, 3.8) is 0 Å². The van der Waals surface area contributed by atoms with E-state index in [2.05, 4.69) is 23.6 Å². The number of carbonyl (C=O) groups excluding carboxylic acids is 2. The van der Waals surface area contributed by atoms with Gasteiger partial charge < -0.3 is 9.30 Å². The molecule has 0 saturated carbocycles. The maximum Gasteiger partial charge on any atom is 0.379 e. The Morgan fingerprint density at radius 1 is 1.00 bits per heavy atom. The van der Waals surface area contributed by atoms with Crippen LogP contribution < -0.4 is 0 Å². The second-order valence-corrected chi connectivity index (χ2v) is 5.04. The first-order valence-electron chi connectivity index (χ1n) is 7.39. The van der Waals surface area contributed by atoms with E-state index in [1.165, 1.54) is 0 Å². The lowest BCUT2D eigenvalue weighted by atomic mass is 10.1. The van der Waals surface area contributed by atoms with E-state index in [0.717, 1.165) is 28.4 Å². The second-order valence-electron chi connectivity index (χ2n) is 5.04. The van der Waals surface area contributed by atoms with E-state index in [0.29, 0.717) is 5.56 Å². The molecule has 22 heavy (non-hydrogen) atoms. The molecule has 0 aliphatic rings. The third-order valence-corrected chi connectivity index (χ3v) is 3.81. The third kappa shape index (κ3) is 2.17. The van der Waals surface area contributed by atoms with Gasteiger partial charge in [-0.2, -0.15) is 0 Å². The summed E-state index contributed by atoms with van der Waals surface area (Å²) in [6.45, 7) is 4.73. The summed E-state index contributed by atoms with van der Waals surface area (Å²) in [5, 5.41) is 2.23. The highest BCUT2D eigenvalue weighted by Gasteiger charge is 2.19. The smallest absolute Gasteiger partial charge is 0.379 e. The number of benzene rings is 2. The molecular formula is C18H17NO3. The fraction of sp³-hybridized carbons (Fsp3) is 0.222. The predicted octanol–water partition coefficient (Wildman–Crippen LogP) is 3.56. The molecule has 4 heteroatoms. The number of aryl methyl sites for hydroxylation is 1. The predicted molar refractivity (Wildman–Crippen MR) is 86.1 cm³/mol. The van der Waals surface area contributed by atoms with Gasteiger partial charge in [0.15, 0.2) is 0 Å². The average Bonchev–Trinajstić information content (AvgIpc) is 2.87. The number of Topliss-reactive ketones (excluding diaryl/α,β-unsaturated/α-hetero) is 1. The molecule has 0 radical (unpaired) electrons. The van der Waals surface area contributed by atoms with Crippen LogP contribution in [0.15, 0.2) is 42.5 Å². The molecule has 1 heterocycles. The van der Waals surface area contributed by atoms with Crippen molar-refractivity contribution in [3.05, 3.63) is 48.0 Å². The summed E-state index contributed by atoms with van der Waals surface area (Å²) < 4.78 is 6.94. The van der Waals surface area contributed by atoms with Crippen LogP contribution in [0.25, 0.3) is 21.8 Å². The number of nitrogens with zero attached hydrogens (tertiary/aromatic N) is 1. The first-order chi connectivity index (χ1) is 10.7. The number of rotatable bonds is 4. The van der Waals surface area contributed by atoms with Crippen LogP contribution in [0.3, 0.4) is 0 Å². The lowest BCUT2D eigenvalue weighted by molar-refractivity contribution is -0.137. The molecule has 0 bridgehead atoms. The van der Waals surface area contributed by atoms with E-state index in [1.807, 2.05) is 18.2 Å². The highest BCUT2D eigenvalue weighted by atomic mass is 16.5. The molecule has 0 aliphatic carbocycles. The monoisotopic (exact) mass is 295 g/mol. The van der Waals surface area contributed by atoms with E-state index < -0.39 is 11.8 Å². The summed E-state index contributed by atoms with van der Waals surface area (Å²) in [5.41, 5.74) is 2.45. The Morgan fingerprint density at radius 3 is 2.45 bits per heavy atom. The number of carbonyl (C=O) groups is 2. The van der Waals surface area contributed by atoms with E-state index >= 15 is 0 Å². The Labute approximate surface area is 128 Å². The number of hydrogen-bond acceptors (Lipinski definition) is 3. The van der Waals surface area contributed by atoms with Crippen LogP contribution in [0.4, 0.5) is 0 Å². The number of fused-ring (bicyclic) bond motifs is 3. The molecule has 0 N–H and O–H groups in total. The SMILES string of the molecule is CCOC(=O)C(=O)c1ccc2c3ccccc3n(CC)c2c1. The van der Waals surface area contributed by atoms with Gasteiger partial charge in [-0.3, -0.25) is 4.79 Å². The molecular weight excluding hydrogens is 278 g/mol. The van der Waals surface area contributed by atoms with Crippen molar-refractivity contribution in [2.24, 2.45) is 0 Å². The summed E-state index contributed by atoms with van der Waals surface area (Å²) in [6, 6.07) is 13.5. The van der Waals surface area contributed by atoms with Crippen molar-refractivity contribution >= 4 is 33.6 Å². The van der Waals surface area contributed by atoms with Gasteiger partial charge in [-0.25, -0.2) is 4.79 Å². The highest BCUT2D eigenvalue weighted by molar-refractivity contribution is 6.41. The Kier molecular flexibility index (Phi) is 3.67. The summed E-state index contributed by atoms with van der Waals surface area (Å²) in [5.74, 6) is -1.40. The molecule has 0 aliphatic heterocycles. The lowest BCUT2D eigenvalue weighted by Gasteiger charge is -2.05. The van der Waals surface area contributed by atoms with Gasteiger partial charge in [0.1, 0.15) is 0 Å². The van der Waals surface area contributed by atoms with Gasteiger partial charge in [0.25, 0.3) is 5.78 Å². The van der Waals surface area contributed by atoms with Crippen molar-refractivity contribution in [2.45, 2.75) is 20.4 Å². The Hall–Kier alpha value is -2.62. The van der Waals surface area contributed by atoms with Gasteiger partial charge in [0.2, 0.25) is 0 Å². The van der Waals surface area contributed by atoms with Gasteiger partial charge in [-0.1, -0.05) is 30.3 Å². The number of hydrogen-bond donors (Lipinski definition) is 0. The van der Waals surface area contributed by atoms with Gasteiger partial charge in [0, 0.05) is 33.9 Å². The third-order valence-electron chi connectivity index (χ3n) is 3.81. The summed E-state index contributed by atoms with van der Waals surface area (Å²) in [6.07, 6.45) is 0. The van der Waals surface area contributed by atoms with Crippen LogP contribution in [-0.2, 0) is 16.1 Å². The van der Waals surface area contributed by atoms with Crippen molar-refractivity contribution in [2.75, 3.05) is 6.61 Å². The fourth-order valence-corrected chi connectivity index (χ4v) is 2.85. The molecule has 4 nitrogen and oxygen atoms in total. The first-order valence-corrected chi connectivity index (χ1v) is 7.39. The number of ether oxygens (including phenoxy) is 1. The zero-order valence-corrected chi connectivity index (χ0v) is 12.6. The second kappa shape index (κ2) is 5.64. The minimum Gasteiger partial charge on any atom is -0.460 e. The Balaban J connectivity index is 2.19. The van der Waals surface area contributed by atoms with Crippen molar-refractivity contribution < 1.29 is 14.3 Å². The molecule has 0 fully saturated rings. The maximum atomic E-state index is 12.1. The molecule has 2 aromatic carbocycles. The number of ketones is 1. The number of esters is 1. The summed E-state index contributed by atoms with van der Waals surface area (Å²) in [4.78, 5) is 23.7. The van der Waals surface area contributed by atoms with Crippen LogP contribution in [0, 0.1) is 0 Å². The number of aromatic nitrogens is 1. The van der Waals surface area contributed by atoms with E-state index in [9.17, 15) is 9.59 Å². The average molecular weight is 295 g/mol. The van der Waals surface area contributed by atoms with Crippen LogP contribution in [0.5, 0.6) is 0 Å². The maximum absolute atomic E-state index is 12.1. The zero-order valence-electron chi connectivity index (χ0n) is 12.6. The van der Waals surface area contributed by atoms with Crippen molar-refractivity contribution in [1.82, 2.24) is 4.57 Å². The minimum atomic E-state index is -0.805. The Bertz CT molecular complexity index is 877. The molecule has 0 unspecified atom stereocenters. The molecule has 112 valence electrons. The molecule has 3 aromatic rings. The fourth-order valence-electron chi connectivity index (χ4n) is 2.85. The minimum absolute atomic E-state index is 0.196. The van der Waals surface area contributed by atoms with Crippen LogP contribution >= 0.6 is 0 Å². The van der Waals surface area contributed by atoms with Crippen LogP contribution in [0.1, 0.15) is 24.2 Å². The standard InChI is InChI=1S/C18H17NO3/c1-3-19-15-8-6-5-7-13(15)14-10-9-12(11-16(14)19)17(20)18(21)22-4-2/h5-11H,3-4H2,1-2H3. The summed E-state index contributed by atoms with van der Waals surface area (Å²) in [7, 11) is 0. The molecule has 0 atom stereocenters. The van der Waals surface area contributed by atoms with Gasteiger partial charge in [0.05, 0.1) is 6.61 Å². The first kappa shape index (κ1) is 14.3. The Morgan fingerprint density at radius 2 is 1.73 bits per heavy atom. The lowest BCUT2D eigenvalue weighted by Crippen LogP contribution is -2.17. The molecule has 1 aromatic heterocycles. The van der Waals surface area contributed by atoms with E-state index in [-0.39, 0.29) is 6.61 Å². The van der Waals surface area contributed by atoms with Crippen molar-refractivity contribution in [1.29, 1.82) is 0 Å². The molecule has 0 spiro atoms. The van der Waals surface area contributed by atoms with Crippen molar-refractivity contribution in [3.8, 4) is 0 Å². The molecule has 3 rings (SSSR count).